The van der Waals surface area contributed by atoms with Crippen molar-refractivity contribution in [3.63, 3.8) is 0 Å². The molecule has 0 aliphatic heterocycles. The average Bonchev–Trinajstić information content (AvgIpc) is 3.43. The Morgan fingerprint density at radius 2 is 1.64 bits per heavy atom. The number of hydrogen-bond acceptors (Lipinski definition) is 5. The fraction of sp³-hybridized carbons (Fsp3) is 0.240. The maximum Gasteiger partial charge on any atom is 0.352 e. The molecule has 0 fully saturated rings. The second-order valence-corrected chi connectivity index (χ2v) is 9.00. The van der Waals surface area contributed by atoms with Gasteiger partial charge in [0.05, 0.1) is 25.2 Å². The Morgan fingerprint density at radius 1 is 0.939 bits per heavy atom. The van der Waals surface area contributed by atoms with Crippen molar-refractivity contribution < 1.29 is 4.74 Å². The van der Waals surface area contributed by atoms with Crippen molar-refractivity contribution in [3.8, 4) is 5.75 Å². The van der Waals surface area contributed by atoms with E-state index >= 15 is 0 Å². The summed E-state index contributed by atoms with van der Waals surface area (Å²) in [6.07, 6.45) is 0.940. The quantitative estimate of drug-likeness (QED) is 0.367. The molecule has 0 spiro atoms. The highest BCUT2D eigenvalue weighted by Gasteiger charge is 2.18. The Kier molecular flexibility index (Phi) is 5.60. The summed E-state index contributed by atoms with van der Waals surface area (Å²) in [4.78, 5) is 26.6. The summed E-state index contributed by atoms with van der Waals surface area (Å²) in [6.45, 7) is 5.40. The van der Waals surface area contributed by atoms with Crippen LogP contribution >= 0.6 is 11.3 Å². The smallest absolute Gasteiger partial charge is 0.352 e. The molecular weight excluding hydrogens is 436 g/mol. The zero-order valence-electron chi connectivity index (χ0n) is 18.5. The fourth-order valence-electron chi connectivity index (χ4n) is 3.84. The van der Waals surface area contributed by atoms with E-state index in [4.69, 9.17) is 4.74 Å². The van der Waals surface area contributed by atoms with Crippen molar-refractivity contribution in [1.82, 2.24) is 18.7 Å². The molecule has 3 heterocycles. The van der Waals surface area contributed by atoms with Gasteiger partial charge in [-0.2, -0.15) is 0 Å². The van der Waals surface area contributed by atoms with Crippen molar-refractivity contribution in [2.75, 3.05) is 6.61 Å². The number of aromatic nitrogens is 4. The van der Waals surface area contributed by atoms with E-state index in [1.54, 1.807) is 15.0 Å². The van der Waals surface area contributed by atoms with Crippen LogP contribution in [0.1, 0.15) is 30.0 Å². The van der Waals surface area contributed by atoms with Gasteiger partial charge in [-0.15, -0.1) is 16.4 Å². The first-order chi connectivity index (χ1) is 16.0. The number of nitrogens with zero attached hydrogens (tertiary/aromatic N) is 4. The predicted molar refractivity (Wildman–Crippen MR) is 131 cm³/mol. The predicted octanol–water partition coefficient (Wildman–Crippen LogP) is 4.07. The molecule has 5 aromatic rings. The summed E-state index contributed by atoms with van der Waals surface area (Å²) in [6, 6.07) is 17.5. The average molecular weight is 461 g/mol. The van der Waals surface area contributed by atoms with Gasteiger partial charge in [0.25, 0.3) is 5.56 Å². The topological polar surface area (TPSA) is 70.5 Å². The summed E-state index contributed by atoms with van der Waals surface area (Å²) in [5.41, 5.74) is 3.25. The molecule has 0 bridgehead atoms. The van der Waals surface area contributed by atoms with Gasteiger partial charge in [-0.3, -0.25) is 9.36 Å². The molecule has 33 heavy (non-hydrogen) atoms. The molecule has 2 aromatic carbocycles. The molecule has 0 amide bonds. The van der Waals surface area contributed by atoms with Crippen molar-refractivity contribution in [3.05, 3.63) is 97.5 Å². The number of aryl methyl sites for hydroxylation is 1. The molecule has 8 heteroatoms. The number of hydrogen-bond donors (Lipinski definition) is 0. The summed E-state index contributed by atoms with van der Waals surface area (Å²) in [5, 5.41) is 6.42. The molecule has 0 aliphatic rings. The van der Waals surface area contributed by atoms with Crippen LogP contribution in [0, 0.1) is 6.92 Å². The van der Waals surface area contributed by atoms with Gasteiger partial charge in [0.2, 0.25) is 5.78 Å². The SMILES string of the molecule is CCCOc1ccc(Cn2c(=O)c3sccc3n3c(=O)n(Cc4ccc(C)cc4)nc23)cc1. The van der Waals surface area contributed by atoms with E-state index in [0.717, 1.165) is 28.9 Å². The van der Waals surface area contributed by atoms with Crippen LogP contribution in [0.5, 0.6) is 5.75 Å². The van der Waals surface area contributed by atoms with Crippen LogP contribution in [0.3, 0.4) is 0 Å². The van der Waals surface area contributed by atoms with E-state index in [2.05, 4.69) is 12.0 Å². The molecule has 5 rings (SSSR count). The fourth-order valence-corrected chi connectivity index (χ4v) is 4.66. The van der Waals surface area contributed by atoms with Gasteiger partial charge in [-0.1, -0.05) is 48.9 Å². The molecule has 3 aromatic heterocycles. The highest BCUT2D eigenvalue weighted by molar-refractivity contribution is 7.17. The Hall–Kier alpha value is -3.65. The van der Waals surface area contributed by atoms with E-state index in [0.29, 0.717) is 35.7 Å². The third kappa shape index (κ3) is 3.98. The summed E-state index contributed by atoms with van der Waals surface area (Å²) in [7, 11) is 0. The highest BCUT2D eigenvalue weighted by Crippen LogP contribution is 2.19. The van der Waals surface area contributed by atoms with Crippen LogP contribution in [0.15, 0.2) is 69.6 Å². The number of fused-ring (bicyclic) bond motifs is 3. The van der Waals surface area contributed by atoms with Crippen molar-refractivity contribution in [2.24, 2.45) is 0 Å². The van der Waals surface area contributed by atoms with Gasteiger partial charge in [0.1, 0.15) is 10.4 Å². The monoisotopic (exact) mass is 460 g/mol. The largest absolute Gasteiger partial charge is 0.494 e. The lowest BCUT2D eigenvalue weighted by Crippen LogP contribution is -2.26. The minimum absolute atomic E-state index is 0.147. The lowest BCUT2D eigenvalue weighted by Gasteiger charge is -2.09. The lowest BCUT2D eigenvalue weighted by molar-refractivity contribution is 0.317. The molecule has 0 N–H and O–H groups in total. The summed E-state index contributed by atoms with van der Waals surface area (Å²) in [5.74, 6) is 1.14. The van der Waals surface area contributed by atoms with Crippen molar-refractivity contribution in [1.29, 1.82) is 0 Å². The second kappa shape index (κ2) is 8.71. The molecule has 0 saturated heterocycles. The Bertz CT molecular complexity index is 1540. The van der Waals surface area contributed by atoms with E-state index in [9.17, 15) is 9.59 Å². The van der Waals surface area contributed by atoms with E-state index in [1.165, 1.54) is 16.0 Å². The van der Waals surface area contributed by atoms with Gasteiger partial charge in [-0.05, 0) is 48.1 Å². The summed E-state index contributed by atoms with van der Waals surface area (Å²) >= 11 is 1.34. The van der Waals surface area contributed by atoms with Crippen LogP contribution in [0.2, 0.25) is 0 Å². The van der Waals surface area contributed by atoms with Gasteiger partial charge in [0.15, 0.2) is 0 Å². The molecule has 0 atom stereocenters. The minimum Gasteiger partial charge on any atom is -0.494 e. The Labute approximate surface area is 194 Å². The first kappa shape index (κ1) is 21.2. The lowest BCUT2D eigenvalue weighted by atomic mass is 10.1. The zero-order valence-corrected chi connectivity index (χ0v) is 19.3. The van der Waals surface area contributed by atoms with Crippen molar-refractivity contribution in [2.45, 2.75) is 33.4 Å². The number of rotatable bonds is 7. The van der Waals surface area contributed by atoms with Gasteiger partial charge in [0, 0.05) is 0 Å². The zero-order chi connectivity index (χ0) is 22.9. The highest BCUT2D eigenvalue weighted by atomic mass is 32.1. The molecule has 0 aliphatic carbocycles. The van der Waals surface area contributed by atoms with Crippen LogP contribution in [0.4, 0.5) is 0 Å². The Morgan fingerprint density at radius 3 is 2.36 bits per heavy atom. The van der Waals surface area contributed by atoms with Crippen LogP contribution in [-0.2, 0) is 13.1 Å². The van der Waals surface area contributed by atoms with Crippen molar-refractivity contribution >= 4 is 27.3 Å². The minimum atomic E-state index is -0.258. The molecule has 0 saturated carbocycles. The molecule has 0 radical (unpaired) electrons. The third-order valence-electron chi connectivity index (χ3n) is 5.58. The number of benzene rings is 2. The van der Waals surface area contributed by atoms with Crippen LogP contribution in [-0.4, -0.2) is 25.4 Å². The standard InChI is InChI=1S/C25H24N4O3S/c1-3-13-32-20-10-8-18(9-11-20)15-27-23(30)22-21(12-14-33-22)29-24(27)26-28(25(29)31)16-19-6-4-17(2)5-7-19/h4-12,14H,3,13,15-16H2,1-2H3. The van der Waals surface area contributed by atoms with E-state index in [-0.39, 0.29) is 11.2 Å². The van der Waals surface area contributed by atoms with Gasteiger partial charge < -0.3 is 4.74 Å². The number of ether oxygens (including phenoxy) is 1. The maximum absolute atomic E-state index is 13.3. The molecule has 168 valence electrons. The maximum atomic E-state index is 13.3. The third-order valence-corrected chi connectivity index (χ3v) is 6.47. The summed E-state index contributed by atoms with van der Waals surface area (Å²) < 4.78 is 10.7. The molecular formula is C25H24N4O3S. The van der Waals surface area contributed by atoms with Crippen LogP contribution in [0.25, 0.3) is 16.0 Å². The van der Waals surface area contributed by atoms with Crippen LogP contribution < -0.4 is 16.0 Å². The normalized spacial score (nSPS) is 11.5. The van der Waals surface area contributed by atoms with E-state index in [1.807, 2.05) is 60.8 Å². The number of thiophene rings is 1. The Balaban J connectivity index is 1.60. The first-order valence-corrected chi connectivity index (χ1v) is 11.8. The molecule has 0 unspecified atom stereocenters. The second-order valence-electron chi connectivity index (χ2n) is 8.08. The van der Waals surface area contributed by atoms with E-state index < -0.39 is 0 Å². The van der Waals surface area contributed by atoms with Gasteiger partial charge in [-0.25, -0.2) is 13.9 Å². The van der Waals surface area contributed by atoms with Gasteiger partial charge >= 0.3 is 5.69 Å². The first-order valence-electron chi connectivity index (χ1n) is 10.9. The molecule has 7 nitrogen and oxygen atoms in total.